The lowest BCUT2D eigenvalue weighted by Gasteiger charge is -2.41. The lowest BCUT2D eigenvalue weighted by atomic mass is 10.2. The van der Waals surface area contributed by atoms with Crippen LogP contribution in [0.3, 0.4) is 0 Å². The summed E-state index contributed by atoms with van der Waals surface area (Å²) in [6.45, 7) is 39.3. The van der Waals surface area contributed by atoms with Gasteiger partial charge in [0.25, 0.3) is 0 Å². The van der Waals surface area contributed by atoms with E-state index in [1.807, 2.05) is 0 Å². The van der Waals surface area contributed by atoms with Crippen molar-refractivity contribution in [2.75, 3.05) is 26.4 Å². The van der Waals surface area contributed by atoms with Gasteiger partial charge in [-0.3, -0.25) is 0 Å². The summed E-state index contributed by atoms with van der Waals surface area (Å²) >= 11 is 0. The largest absolute Gasteiger partial charge is 0.437 e. The van der Waals surface area contributed by atoms with Gasteiger partial charge in [0, 0.05) is 13.2 Å². The van der Waals surface area contributed by atoms with Gasteiger partial charge in [-0.25, -0.2) is 0 Å². The molecule has 0 spiro atoms. The molecule has 278 valence electrons. The van der Waals surface area contributed by atoms with Crippen molar-refractivity contribution in [2.45, 2.75) is 155 Å². The third-order valence-electron chi connectivity index (χ3n) is 6.06. The summed E-state index contributed by atoms with van der Waals surface area (Å²) in [6, 6.07) is 1.51. The standard InChI is InChI=1S/C28H74O10Si8/c1-39(2,3)33-43(13,14)37-45(17,35-41(7,8)9)23-19-21-31-27(25-29)28(26-30)32-22-20-24-46(18,36-42(10,11)12)38-44(15,16)34-40(4,5)6/h27-30H,19-26H2,1-18H3/t27-,28+,45?,46?. The Morgan fingerprint density at radius 3 is 0.870 bits per heavy atom. The average molecular weight is 796 g/mol. The van der Waals surface area contributed by atoms with Crippen molar-refractivity contribution in [1.29, 1.82) is 0 Å². The lowest BCUT2D eigenvalue weighted by Crippen LogP contribution is -2.57. The third-order valence-corrected chi connectivity index (χ3v) is 33.2. The molecule has 0 bridgehead atoms. The maximum Gasteiger partial charge on any atom is 0.315 e. The molecule has 0 rings (SSSR count). The predicted octanol–water partition coefficient (Wildman–Crippen LogP) is 7.51. The molecule has 0 saturated heterocycles. The van der Waals surface area contributed by atoms with Gasteiger partial charge in [0.1, 0.15) is 12.2 Å². The Balaban J connectivity index is 5.28. The Morgan fingerprint density at radius 1 is 0.391 bits per heavy atom. The summed E-state index contributed by atoms with van der Waals surface area (Å²) in [5.41, 5.74) is 0. The Morgan fingerprint density at radius 2 is 0.652 bits per heavy atom. The van der Waals surface area contributed by atoms with Gasteiger partial charge in [-0.15, -0.1) is 0 Å². The first-order valence-corrected chi connectivity index (χ1v) is 41.3. The summed E-state index contributed by atoms with van der Waals surface area (Å²) in [7, 11) is -17.2. The SMILES string of the molecule is C[Si](C)(C)O[Si](C)(C)O[Si](C)(CCCO[C@@H](CO)[C@@H](CO)OCCC[Si](C)(O[Si](C)(C)C)O[Si](C)(C)O[Si](C)(C)C)O[Si](C)(C)C. The highest BCUT2D eigenvalue weighted by Gasteiger charge is 2.45. The Hall–Kier alpha value is 1.34. The number of rotatable bonds is 25. The molecule has 0 aromatic carbocycles. The summed E-state index contributed by atoms with van der Waals surface area (Å²) in [5, 5.41) is 20.3. The van der Waals surface area contributed by atoms with E-state index in [1.165, 1.54) is 0 Å². The minimum atomic E-state index is -2.55. The molecule has 2 N–H and O–H groups in total. The zero-order chi connectivity index (χ0) is 36.5. The quantitative estimate of drug-likeness (QED) is 0.0712. The van der Waals surface area contributed by atoms with Crippen molar-refractivity contribution in [3.8, 4) is 0 Å². The molecule has 0 saturated carbocycles. The van der Waals surface area contributed by atoms with E-state index in [-0.39, 0.29) is 13.2 Å². The summed E-state index contributed by atoms with van der Waals surface area (Å²) in [4.78, 5) is 0. The molecule has 10 nitrogen and oxygen atoms in total. The number of ether oxygens (including phenoxy) is 2. The maximum absolute atomic E-state index is 10.1. The van der Waals surface area contributed by atoms with Crippen LogP contribution in [0.1, 0.15) is 12.8 Å². The zero-order valence-corrected chi connectivity index (χ0v) is 41.0. The number of aliphatic hydroxyl groups is 2. The van der Waals surface area contributed by atoms with Crippen LogP contribution in [0.25, 0.3) is 0 Å². The fourth-order valence-corrected chi connectivity index (χ4v) is 41.8. The fraction of sp³-hybridized carbons (Fsp3) is 1.00. The van der Waals surface area contributed by atoms with Gasteiger partial charge >= 0.3 is 34.2 Å². The predicted molar refractivity (Wildman–Crippen MR) is 211 cm³/mol. The average Bonchev–Trinajstić information content (AvgIpc) is 2.72. The molecule has 0 aliphatic rings. The second-order valence-electron chi connectivity index (χ2n) is 17.5. The first kappa shape index (κ1) is 47.3. The molecule has 0 aliphatic carbocycles. The molecule has 18 heteroatoms. The van der Waals surface area contributed by atoms with Crippen LogP contribution in [0, 0.1) is 0 Å². The molecule has 0 aliphatic heterocycles. The normalized spacial score (nSPS) is 18.3. The van der Waals surface area contributed by atoms with Crippen molar-refractivity contribution in [3.05, 3.63) is 0 Å². The Kier molecular flexibility index (Phi) is 19.3. The van der Waals surface area contributed by atoms with E-state index >= 15 is 0 Å². The van der Waals surface area contributed by atoms with E-state index in [1.54, 1.807) is 0 Å². The van der Waals surface area contributed by atoms with Crippen LogP contribution in [0.2, 0.25) is 130 Å². The maximum atomic E-state index is 10.1. The van der Waals surface area contributed by atoms with Crippen LogP contribution in [0.15, 0.2) is 0 Å². The molecule has 2 unspecified atom stereocenters. The fourth-order valence-electron chi connectivity index (χ4n) is 5.91. The first-order valence-electron chi connectivity index (χ1n) is 17.0. The summed E-state index contributed by atoms with van der Waals surface area (Å²) in [5.74, 6) is 0. The molecule has 0 aromatic heterocycles. The van der Waals surface area contributed by atoms with Crippen LogP contribution >= 0.6 is 0 Å². The minimum absolute atomic E-state index is 0.242. The zero-order valence-electron chi connectivity index (χ0n) is 33.0. The van der Waals surface area contributed by atoms with E-state index in [9.17, 15) is 10.2 Å². The Bertz CT molecular complexity index is 804. The number of hydrogen-bond acceptors (Lipinski definition) is 10. The number of hydrogen-bond donors (Lipinski definition) is 2. The van der Waals surface area contributed by atoms with Crippen molar-refractivity contribution in [1.82, 2.24) is 0 Å². The van der Waals surface area contributed by atoms with Crippen LogP contribution in [0.5, 0.6) is 0 Å². The second kappa shape index (κ2) is 18.7. The van der Waals surface area contributed by atoms with E-state index in [4.69, 9.17) is 34.2 Å². The Labute approximate surface area is 292 Å². The van der Waals surface area contributed by atoms with Crippen LogP contribution in [-0.4, -0.2) is 116 Å². The van der Waals surface area contributed by atoms with E-state index in [0.717, 1.165) is 12.1 Å². The number of aliphatic hydroxyl groups excluding tert-OH is 2. The topological polar surface area (TPSA) is 114 Å². The molecule has 0 amide bonds. The third kappa shape index (κ3) is 23.7. The lowest BCUT2D eigenvalue weighted by molar-refractivity contribution is -0.109. The molecule has 0 radical (unpaired) electrons. The minimum Gasteiger partial charge on any atom is -0.437 e. The van der Waals surface area contributed by atoms with Crippen molar-refractivity contribution in [3.63, 3.8) is 0 Å². The molecule has 0 aromatic rings. The van der Waals surface area contributed by atoms with Gasteiger partial charge in [-0.1, -0.05) is 0 Å². The molecule has 46 heavy (non-hydrogen) atoms. The van der Waals surface area contributed by atoms with Crippen molar-refractivity contribution in [2.24, 2.45) is 0 Å². The molecule has 0 fully saturated rings. The van der Waals surface area contributed by atoms with E-state index in [0.29, 0.717) is 26.1 Å². The first-order chi connectivity index (χ1) is 20.3. The van der Waals surface area contributed by atoms with Crippen LogP contribution < -0.4 is 0 Å². The molecular weight excluding hydrogens is 721 g/mol. The van der Waals surface area contributed by atoms with Gasteiger partial charge < -0.3 is 44.4 Å². The molecular formula is C28H74O10Si8. The highest BCUT2D eigenvalue weighted by molar-refractivity contribution is 6.90. The van der Waals surface area contributed by atoms with E-state index in [2.05, 4.69) is 118 Å². The van der Waals surface area contributed by atoms with Gasteiger partial charge in [0.05, 0.1) is 13.2 Å². The summed E-state index contributed by atoms with van der Waals surface area (Å²) in [6.07, 6.45) is 0.168. The molecule has 4 atom stereocenters. The monoisotopic (exact) mass is 794 g/mol. The highest BCUT2D eigenvalue weighted by atomic mass is 28.5. The van der Waals surface area contributed by atoms with Gasteiger partial charge in [0.2, 0.25) is 0 Å². The van der Waals surface area contributed by atoms with Crippen LogP contribution in [0.4, 0.5) is 0 Å². The highest BCUT2D eigenvalue weighted by Crippen LogP contribution is 2.29. The molecule has 0 heterocycles. The van der Waals surface area contributed by atoms with Crippen molar-refractivity contribution < 1.29 is 44.4 Å². The second-order valence-corrected chi connectivity index (χ2v) is 50.5. The summed E-state index contributed by atoms with van der Waals surface area (Å²) < 4.78 is 52.1. The van der Waals surface area contributed by atoms with Gasteiger partial charge in [-0.2, -0.15) is 0 Å². The van der Waals surface area contributed by atoms with Crippen molar-refractivity contribution >= 4 is 67.5 Å². The van der Waals surface area contributed by atoms with Gasteiger partial charge in [0.15, 0.2) is 33.3 Å². The van der Waals surface area contributed by atoms with Gasteiger partial charge in [-0.05, 0) is 143 Å². The van der Waals surface area contributed by atoms with E-state index < -0.39 is 79.7 Å². The smallest absolute Gasteiger partial charge is 0.315 e. The van der Waals surface area contributed by atoms with Crippen LogP contribution in [-0.2, 0) is 34.2 Å².